The first-order valence-corrected chi connectivity index (χ1v) is 10.4. The quantitative estimate of drug-likeness (QED) is 0.609. The van der Waals surface area contributed by atoms with Crippen LogP contribution in [-0.2, 0) is 0 Å². The molecule has 0 spiro atoms. The predicted molar refractivity (Wildman–Crippen MR) is 109 cm³/mol. The van der Waals surface area contributed by atoms with Crippen LogP contribution in [0.15, 0.2) is 47.4 Å². The van der Waals surface area contributed by atoms with E-state index in [1.54, 1.807) is 36.9 Å². The van der Waals surface area contributed by atoms with Gasteiger partial charge in [0.2, 0.25) is 0 Å². The Hall–Kier alpha value is -2.20. The van der Waals surface area contributed by atoms with Crippen molar-refractivity contribution in [3.63, 3.8) is 0 Å². The van der Waals surface area contributed by atoms with Crippen LogP contribution < -0.4 is 14.8 Å². The Morgan fingerprint density at radius 2 is 1.83 bits per heavy atom. The monoisotopic (exact) mass is 444 g/mol. The number of nitrogens with zero attached hydrogens (tertiary/aromatic N) is 1. The lowest BCUT2D eigenvalue weighted by molar-refractivity contribution is -0.0328. The zero-order valence-corrected chi connectivity index (χ0v) is 17.3. The molecule has 5 nitrogen and oxygen atoms in total. The van der Waals surface area contributed by atoms with E-state index in [0.29, 0.717) is 23.7 Å². The average Bonchev–Trinajstić information content (AvgIpc) is 3.18. The SMILES string of the molecule is COc1ccc(C2SCCN2C(=O)Nc2ccc(SC(F)(F)F)cc2)cc1OC. The molecule has 0 radical (unpaired) electrons. The molecule has 0 saturated carbocycles. The Morgan fingerprint density at radius 1 is 1.14 bits per heavy atom. The van der Waals surface area contributed by atoms with Crippen molar-refractivity contribution in [1.82, 2.24) is 4.90 Å². The van der Waals surface area contributed by atoms with E-state index < -0.39 is 5.51 Å². The fourth-order valence-corrected chi connectivity index (χ4v) is 4.68. The highest BCUT2D eigenvalue weighted by Crippen LogP contribution is 2.41. The van der Waals surface area contributed by atoms with E-state index in [1.165, 1.54) is 24.3 Å². The van der Waals surface area contributed by atoms with E-state index in [4.69, 9.17) is 9.47 Å². The van der Waals surface area contributed by atoms with Crippen molar-refractivity contribution in [2.24, 2.45) is 0 Å². The van der Waals surface area contributed by atoms with Gasteiger partial charge in [0.05, 0.1) is 14.2 Å². The van der Waals surface area contributed by atoms with Gasteiger partial charge in [-0.3, -0.25) is 0 Å². The van der Waals surface area contributed by atoms with Crippen LogP contribution in [0.4, 0.5) is 23.7 Å². The molecule has 1 heterocycles. The molecule has 1 aliphatic rings. The molecule has 1 unspecified atom stereocenters. The number of thioether (sulfide) groups is 2. The first-order valence-electron chi connectivity index (χ1n) is 8.57. The normalized spacial score (nSPS) is 16.6. The molecule has 2 aromatic rings. The lowest BCUT2D eigenvalue weighted by Gasteiger charge is -2.25. The lowest BCUT2D eigenvalue weighted by atomic mass is 10.2. The molecule has 0 bridgehead atoms. The predicted octanol–water partition coefficient (Wildman–Crippen LogP) is 5.60. The summed E-state index contributed by atoms with van der Waals surface area (Å²) in [6, 6.07) is 10.8. The largest absolute Gasteiger partial charge is 0.493 e. The molecule has 2 aromatic carbocycles. The second-order valence-electron chi connectivity index (χ2n) is 6.03. The number of rotatable bonds is 5. The van der Waals surface area contributed by atoms with Crippen LogP contribution in [0, 0.1) is 0 Å². The van der Waals surface area contributed by atoms with E-state index in [1.807, 2.05) is 12.1 Å². The summed E-state index contributed by atoms with van der Waals surface area (Å²) in [4.78, 5) is 14.5. The summed E-state index contributed by atoms with van der Waals surface area (Å²) >= 11 is 1.43. The van der Waals surface area contributed by atoms with Crippen molar-refractivity contribution < 1.29 is 27.4 Å². The van der Waals surface area contributed by atoms with Gasteiger partial charge >= 0.3 is 11.5 Å². The van der Waals surface area contributed by atoms with Gasteiger partial charge in [0.1, 0.15) is 5.37 Å². The van der Waals surface area contributed by atoms with Gasteiger partial charge in [-0.25, -0.2) is 4.79 Å². The lowest BCUT2D eigenvalue weighted by Crippen LogP contribution is -2.34. The maximum atomic E-state index is 12.8. The molecule has 1 saturated heterocycles. The van der Waals surface area contributed by atoms with Gasteiger partial charge in [-0.15, -0.1) is 11.8 Å². The maximum absolute atomic E-state index is 12.8. The molecule has 29 heavy (non-hydrogen) atoms. The maximum Gasteiger partial charge on any atom is 0.446 e. The van der Waals surface area contributed by atoms with Crippen LogP contribution in [0.1, 0.15) is 10.9 Å². The van der Waals surface area contributed by atoms with Gasteiger partial charge in [-0.1, -0.05) is 6.07 Å². The van der Waals surface area contributed by atoms with E-state index >= 15 is 0 Å². The van der Waals surface area contributed by atoms with Gasteiger partial charge in [-0.2, -0.15) is 13.2 Å². The third-order valence-corrected chi connectivity index (χ3v) is 6.18. The number of anilines is 1. The number of urea groups is 1. The van der Waals surface area contributed by atoms with Crippen LogP contribution in [0.3, 0.4) is 0 Å². The number of amides is 2. The van der Waals surface area contributed by atoms with Gasteiger partial charge in [0.15, 0.2) is 11.5 Å². The molecule has 0 aromatic heterocycles. The van der Waals surface area contributed by atoms with Gasteiger partial charge in [-0.05, 0) is 53.7 Å². The zero-order valence-electron chi connectivity index (χ0n) is 15.7. The first kappa shape index (κ1) is 21.5. The highest BCUT2D eigenvalue weighted by atomic mass is 32.2. The van der Waals surface area contributed by atoms with E-state index in [9.17, 15) is 18.0 Å². The summed E-state index contributed by atoms with van der Waals surface area (Å²) in [7, 11) is 3.11. The summed E-state index contributed by atoms with van der Waals surface area (Å²) in [5.74, 6) is 1.95. The van der Waals surface area contributed by atoms with Crippen LogP contribution in [0.5, 0.6) is 11.5 Å². The standard InChI is InChI=1S/C19H19F3N2O3S2/c1-26-15-8-3-12(11-16(15)27-2)17-24(9-10-28-17)18(25)23-13-4-6-14(7-5-13)29-19(20,21)22/h3-8,11,17H,9-10H2,1-2H3,(H,23,25). The molecule has 10 heteroatoms. The van der Waals surface area contributed by atoms with Crippen molar-refractivity contribution in [1.29, 1.82) is 0 Å². The highest BCUT2D eigenvalue weighted by Gasteiger charge is 2.32. The van der Waals surface area contributed by atoms with Crippen molar-refractivity contribution in [3.05, 3.63) is 48.0 Å². The molecule has 1 fully saturated rings. The first-order chi connectivity index (χ1) is 13.8. The topological polar surface area (TPSA) is 50.8 Å². The van der Waals surface area contributed by atoms with Gasteiger partial charge < -0.3 is 19.7 Å². The van der Waals surface area contributed by atoms with Crippen LogP contribution in [-0.4, -0.2) is 43.0 Å². The molecule has 1 N–H and O–H groups in total. The number of hydrogen-bond acceptors (Lipinski definition) is 5. The zero-order chi connectivity index (χ0) is 21.0. The summed E-state index contributed by atoms with van der Waals surface area (Å²) in [5, 5.41) is 2.55. The number of carbonyl (C=O) groups excluding carboxylic acids is 1. The Labute approximate surface area is 174 Å². The molecular formula is C19H19F3N2O3S2. The molecular weight excluding hydrogens is 425 g/mol. The molecule has 3 rings (SSSR count). The Bertz CT molecular complexity index is 863. The number of benzene rings is 2. The third kappa shape index (κ3) is 5.45. The third-order valence-electron chi connectivity index (χ3n) is 4.18. The summed E-state index contributed by atoms with van der Waals surface area (Å²) in [6.07, 6.45) is 0. The van der Waals surface area contributed by atoms with Crippen molar-refractivity contribution in [2.75, 3.05) is 31.8 Å². The summed E-state index contributed by atoms with van der Waals surface area (Å²) in [5.41, 5.74) is -3.01. The minimum atomic E-state index is -4.34. The van der Waals surface area contributed by atoms with E-state index in [0.717, 1.165) is 11.3 Å². The Morgan fingerprint density at radius 3 is 2.45 bits per heavy atom. The van der Waals surface area contributed by atoms with Gasteiger partial charge in [0, 0.05) is 22.9 Å². The molecule has 156 valence electrons. The Balaban J connectivity index is 1.70. The molecule has 0 aliphatic carbocycles. The van der Waals surface area contributed by atoms with Crippen molar-refractivity contribution in [2.45, 2.75) is 15.8 Å². The molecule has 1 atom stereocenters. The number of nitrogens with one attached hydrogen (secondary N) is 1. The highest BCUT2D eigenvalue weighted by molar-refractivity contribution is 8.00. The van der Waals surface area contributed by atoms with E-state index in [2.05, 4.69) is 5.32 Å². The summed E-state index contributed by atoms with van der Waals surface area (Å²) < 4.78 is 47.9. The van der Waals surface area contributed by atoms with Crippen LogP contribution >= 0.6 is 23.5 Å². The number of alkyl halides is 3. The number of ether oxygens (including phenoxy) is 2. The van der Waals surface area contributed by atoms with Crippen molar-refractivity contribution >= 4 is 35.2 Å². The second-order valence-corrected chi connectivity index (χ2v) is 8.36. The fraction of sp³-hybridized carbons (Fsp3) is 0.316. The number of carbonyl (C=O) groups is 1. The molecule has 2 amide bonds. The average molecular weight is 445 g/mol. The number of halogens is 3. The number of hydrogen-bond donors (Lipinski definition) is 1. The number of methoxy groups -OCH3 is 2. The second kappa shape index (κ2) is 9.08. The summed E-state index contributed by atoms with van der Waals surface area (Å²) in [6.45, 7) is 0.553. The van der Waals surface area contributed by atoms with E-state index in [-0.39, 0.29) is 28.1 Å². The van der Waals surface area contributed by atoms with Gasteiger partial charge in [0.25, 0.3) is 0 Å². The minimum absolute atomic E-state index is 0.0652. The van der Waals surface area contributed by atoms with Crippen LogP contribution in [0.2, 0.25) is 0 Å². The minimum Gasteiger partial charge on any atom is -0.493 e. The Kier molecular flexibility index (Phi) is 6.74. The smallest absolute Gasteiger partial charge is 0.446 e. The fourth-order valence-electron chi connectivity index (χ4n) is 2.90. The van der Waals surface area contributed by atoms with Crippen molar-refractivity contribution in [3.8, 4) is 11.5 Å². The molecule has 1 aliphatic heterocycles. The van der Waals surface area contributed by atoms with Crippen LogP contribution in [0.25, 0.3) is 0 Å².